The molecule has 0 radical (unpaired) electrons. The average molecular weight is 290 g/mol. The molecule has 0 saturated carbocycles. The van der Waals surface area contributed by atoms with Crippen LogP contribution in [0.5, 0.6) is 0 Å². The van der Waals surface area contributed by atoms with E-state index in [2.05, 4.69) is 31.4 Å². The minimum absolute atomic E-state index is 0.0342. The van der Waals surface area contributed by atoms with Gasteiger partial charge in [-0.25, -0.2) is 0 Å². The number of rotatable bonds is 10. The molecule has 0 bridgehead atoms. The van der Waals surface area contributed by atoms with E-state index in [0.717, 1.165) is 37.2 Å². The third-order valence-electron chi connectivity index (χ3n) is 3.82. The van der Waals surface area contributed by atoms with Gasteiger partial charge in [-0.1, -0.05) is 40.0 Å². The zero-order valence-corrected chi connectivity index (χ0v) is 13.7. The van der Waals surface area contributed by atoms with E-state index in [1.165, 1.54) is 19.3 Å². The van der Waals surface area contributed by atoms with Gasteiger partial charge in [0.05, 0.1) is 0 Å². The highest BCUT2D eigenvalue weighted by atomic mass is 16.1. The zero-order chi connectivity index (χ0) is 15.5. The van der Waals surface area contributed by atoms with Crippen molar-refractivity contribution in [2.24, 2.45) is 5.92 Å². The third kappa shape index (κ3) is 6.65. The molecule has 118 valence electrons. The predicted octanol–water partition coefficient (Wildman–Crippen LogP) is 4.45. The van der Waals surface area contributed by atoms with Gasteiger partial charge in [-0.05, 0) is 43.0 Å². The second kappa shape index (κ2) is 10.3. The first kappa shape index (κ1) is 17.5. The molecule has 0 aliphatic rings. The van der Waals surface area contributed by atoms with Crippen LogP contribution in [-0.2, 0) is 0 Å². The summed E-state index contributed by atoms with van der Waals surface area (Å²) in [6, 6.07) is 7.72. The molecule has 3 heteroatoms. The summed E-state index contributed by atoms with van der Waals surface area (Å²) in [7, 11) is 0. The average Bonchev–Trinajstić information content (AvgIpc) is 2.53. The van der Waals surface area contributed by atoms with Crippen LogP contribution in [0.2, 0.25) is 0 Å². The number of carbonyl (C=O) groups is 1. The van der Waals surface area contributed by atoms with E-state index in [1.54, 1.807) is 0 Å². The summed E-state index contributed by atoms with van der Waals surface area (Å²) >= 11 is 0. The molecule has 1 aromatic rings. The van der Waals surface area contributed by atoms with E-state index in [1.807, 2.05) is 24.3 Å². The van der Waals surface area contributed by atoms with Gasteiger partial charge in [0.15, 0.2) is 0 Å². The maximum atomic E-state index is 12.1. The first-order valence-corrected chi connectivity index (χ1v) is 8.33. The molecule has 1 amide bonds. The molecule has 1 aromatic carbocycles. The lowest BCUT2D eigenvalue weighted by molar-refractivity contribution is 0.0946. The largest absolute Gasteiger partial charge is 0.385 e. The van der Waals surface area contributed by atoms with Crippen LogP contribution < -0.4 is 10.6 Å². The number of carbonyl (C=O) groups excluding carboxylic acids is 1. The Balaban J connectivity index is 2.43. The van der Waals surface area contributed by atoms with Crippen molar-refractivity contribution in [3.05, 3.63) is 29.8 Å². The van der Waals surface area contributed by atoms with Gasteiger partial charge >= 0.3 is 0 Å². The maximum Gasteiger partial charge on any atom is 0.251 e. The minimum Gasteiger partial charge on any atom is -0.385 e. The Bertz CT molecular complexity index is 400. The Labute approximate surface area is 129 Å². The number of unbranched alkanes of at least 4 members (excludes halogenated alkanes) is 1. The monoisotopic (exact) mass is 290 g/mol. The summed E-state index contributed by atoms with van der Waals surface area (Å²) in [5.41, 5.74) is 1.81. The Kier molecular flexibility index (Phi) is 8.56. The molecule has 0 aromatic heterocycles. The van der Waals surface area contributed by atoms with Crippen LogP contribution in [0.25, 0.3) is 0 Å². The highest BCUT2D eigenvalue weighted by Crippen LogP contribution is 2.12. The van der Waals surface area contributed by atoms with Crippen molar-refractivity contribution in [3.63, 3.8) is 0 Å². The molecule has 3 nitrogen and oxygen atoms in total. The summed E-state index contributed by atoms with van der Waals surface area (Å²) in [5.74, 6) is 0.631. The van der Waals surface area contributed by atoms with Crippen molar-refractivity contribution in [2.45, 2.75) is 52.9 Å². The van der Waals surface area contributed by atoms with Gasteiger partial charge in [-0.3, -0.25) is 4.79 Å². The van der Waals surface area contributed by atoms with Crippen molar-refractivity contribution in [1.29, 1.82) is 0 Å². The van der Waals surface area contributed by atoms with Gasteiger partial charge in [0.2, 0.25) is 0 Å². The highest BCUT2D eigenvalue weighted by molar-refractivity contribution is 5.94. The molecule has 2 N–H and O–H groups in total. The molecular weight excluding hydrogens is 260 g/mol. The number of hydrogen-bond donors (Lipinski definition) is 2. The molecule has 0 fully saturated rings. The first-order valence-electron chi connectivity index (χ1n) is 8.33. The van der Waals surface area contributed by atoms with E-state index < -0.39 is 0 Å². The van der Waals surface area contributed by atoms with Crippen LogP contribution in [0.1, 0.15) is 63.2 Å². The van der Waals surface area contributed by atoms with E-state index in [0.29, 0.717) is 5.92 Å². The van der Waals surface area contributed by atoms with Crippen LogP contribution in [-0.4, -0.2) is 19.0 Å². The topological polar surface area (TPSA) is 41.1 Å². The number of hydrogen-bond acceptors (Lipinski definition) is 2. The molecule has 1 unspecified atom stereocenters. The van der Waals surface area contributed by atoms with Gasteiger partial charge in [-0.15, -0.1) is 0 Å². The fourth-order valence-electron chi connectivity index (χ4n) is 2.29. The van der Waals surface area contributed by atoms with Crippen LogP contribution in [0.4, 0.5) is 5.69 Å². The second-order valence-corrected chi connectivity index (χ2v) is 5.63. The summed E-state index contributed by atoms with van der Waals surface area (Å²) in [5, 5.41) is 6.37. The van der Waals surface area contributed by atoms with Crippen molar-refractivity contribution < 1.29 is 4.79 Å². The molecule has 21 heavy (non-hydrogen) atoms. The molecular formula is C18H30N2O. The van der Waals surface area contributed by atoms with Gasteiger partial charge in [0.1, 0.15) is 0 Å². The predicted molar refractivity (Wildman–Crippen MR) is 90.9 cm³/mol. The van der Waals surface area contributed by atoms with E-state index in [4.69, 9.17) is 0 Å². The number of nitrogens with one attached hydrogen (secondary N) is 2. The van der Waals surface area contributed by atoms with Crippen LogP contribution in [0, 0.1) is 5.92 Å². The van der Waals surface area contributed by atoms with E-state index >= 15 is 0 Å². The summed E-state index contributed by atoms with van der Waals surface area (Å²) in [6.45, 7) is 8.28. The molecule has 0 aliphatic heterocycles. The summed E-state index contributed by atoms with van der Waals surface area (Å²) in [6.07, 6.45) is 5.88. The zero-order valence-electron chi connectivity index (χ0n) is 13.7. The lowest BCUT2D eigenvalue weighted by Gasteiger charge is -2.15. The van der Waals surface area contributed by atoms with Crippen LogP contribution in [0.15, 0.2) is 24.3 Å². The van der Waals surface area contributed by atoms with Crippen LogP contribution in [0.3, 0.4) is 0 Å². The molecule has 0 spiro atoms. The van der Waals surface area contributed by atoms with E-state index in [9.17, 15) is 4.79 Å². The summed E-state index contributed by atoms with van der Waals surface area (Å²) in [4.78, 5) is 12.1. The van der Waals surface area contributed by atoms with Crippen molar-refractivity contribution in [1.82, 2.24) is 5.32 Å². The fourth-order valence-corrected chi connectivity index (χ4v) is 2.29. The normalized spacial score (nSPS) is 12.0. The molecule has 1 atom stereocenters. The maximum absolute atomic E-state index is 12.1. The Morgan fingerprint density at radius 2 is 1.81 bits per heavy atom. The first-order chi connectivity index (χ1) is 10.2. The second-order valence-electron chi connectivity index (χ2n) is 5.63. The minimum atomic E-state index is 0.0342. The molecule has 0 aliphatic carbocycles. The number of benzene rings is 1. The van der Waals surface area contributed by atoms with Crippen molar-refractivity contribution in [3.8, 4) is 0 Å². The highest BCUT2D eigenvalue weighted by Gasteiger charge is 2.09. The molecule has 0 saturated heterocycles. The SMILES string of the molecule is CCCCC(CC)CNC(=O)c1ccc(NCCC)cc1. The standard InChI is InChI=1S/C18H30N2O/c1-4-7-8-15(6-3)14-20-18(21)16-9-11-17(12-10-16)19-13-5-2/h9-12,15,19H,4-8,13-14H2,1-3H3,(H,20,21). The lowest BCUT2D eigenvalue weighted by Crippen LogP contribution is -2.29. The van der Waals surface area contributed by atoms with E-state index in [-0.39, 0.29) is 5.91 Å². The molecule has 0 heterocycles. The number of amides is 1. The Morgan fingerprint density at radius 1 is 1.10 bits per heavy atom. The van der Waals surface area contributed by atoms with Gasteiger partial charge in [-0.2, -0.15) is 0 Å². The van der Waals surface area contributed by atoms with Crippen molar-refractivity contribution in [2.75, 3.05) is 18.4 Å². The smallest absolute Gasteiger partial charge is 0.251 e. The fraction of sp³-hybridized carbons (Fsp3) is 0.611. The molecule has 1 rings (SSSR count). The van der Waals surface area contributed by atoms with Gasteiger partial charge in [0.25, 0.3) is 5.91 Å². The van der Waals surface area contributed by atoms with Crippen molar-refractivity contribution >= 4 is 11.6 Å². The Hall–Kier alpha value is -1.51. The third-order valence-corrected chi connectivity index (χ3v) is 3.82. The van der Waals surface area contributed by atoms with Crippen LogP contribution >= 0.6 is 0 Å². The summed E-state index contributed by atoms with van der Waals surface area (Å²) < 4.78 is 0. The van der Waals surface area contributed by atoms with Gasteiger partial charge in [0, 0.05) is 24.3 Å². The lowest BCUT2D eigenvalue weighted by atomic mass is 9.99. The number of anilines is 1. The Morgan fingerprint density at radius 3 is 2.38 bits per heavy atom. The quantitative estimate of drug-likeness (QED) is 0.668. The van der Waals surface area contributed by atoms with Gasteiger partial charge < -0.3 is 10.6 Å².